The van der Waals surface area contributed by atoms with Crippen LogP contribution in [0.5, 0.6) is 0 Å². The maximum Gasteiger partial charge on any atom is 0.142 e. The molecule has 62 valence electrons. The minimum atomic E-state index is -0.750. The Morgan fingerprint density at radius 2 is 2.33 bits per heavy atom. The third-order valence-corrected chi connectivity index (χ3v) is 1.87. The smallest absolute Gasteiger partial charge is 0.142 e. The van der Waals surface area contributed by atoms with Gasteiger partial charge in [-0.05, 0) is 0 Å². The quantitative estimate of drug-likeness (QED) is 0.545. The van der Waals surface area contributed by atoms with Gasteiger partial charge in [0.1, 0.15) is 6.04 Å². The molecular formula is C8H9N3O. The normalized spacial score (nSPS) is 28.7. The summed E-state index contributed by atoms with van der Waals surface area (Å²) in [7, 11) is 1.67. The second kappa shape index (κ2) is 3.25. The van der Waals surface area contributed by atoms with Gasteiger partial charge in [-0.1, -0.05) is 0 Å². The lowest BCUT2D eigenvalue weighted by atomic mass is 9.99. The average Bonchev–Trinajstić information content (AvgIpc) is 2.03. The average molecular weight is 163 g/mol. The zero-order valence-corrected chi connectivity index (χ0v) is 6.73. The molecule has 1 N–H and O–H groups in total. The van der Waals surface area contributed by atoms with E-state index in [0.717, 1.165) is 0 Å². The van der Waals surface area contributed by atoms with Crippen LogP contribution in [0.15, 0.2) is 11.8 Å². The molecule has 0 radical (unpaired) electrons. The van der Waals surface area contributed by atoms with Gasteiger partial charge < -0.3 is 10.0 Å². The number of aliphatic hydroxyl groups excluding tert-OH is 1. The molecule has 0 spiro atoms. The van der Waals surface area contributed by atoms with Gasteiger partial charge in [0.25, 0.3) is 0 Å². The van der Waals surface area contributed by atoms with Gasteiger partial charge in [-0.15, -0.1) is 0 Å². The van der Waals surface area contributed by atoms with Gasteiger partial charge >= 0.3 is 0 Å². The first-order chi connectivity index (χ1) is 5.69. The van der Waals surface area contributed by atoms with Crippen molar-refractivity contribution in [2.75, 3.05) is 7.05 Å². The first kappa shape index (κ1) is 8.58. The Hall–Kier alpha value is -1.52. The van der Waals surface area contributed by atoms with Crippen molar-refractivity contribution in [2.45, 2.75) is 18.6 Å². The summed E-state index contributed by atoms with van der Waals surface area (Å²) >= 11 is 0. The molecule has 4 nitrogen and oxygen atoms in total. The second-order valence-corrected chi connectivity index (χ2v) is 2.78. The Morgan fingerprint density at radius 3 is 2.75 bits per heavy atom. The molecule has 1 aliphatic heterocycles. The van der Waals surface area contributed by atoms with E-state index in [0.29, 0.717) is 5.57 Å². The van der Waals surface area contributed by atoms with Crippen molar-refractivity contribution >= 4 is 0 Å². The minimum absolute atomic E-state index is 0.277. The maximum atomic E-state index is 9.38. The van der Waals surface area contributed by atoms with Gasteiger partial charge in [-0.25, -0.2) is 0 Å². The lowest BCUT2D eigenvalue weighted by Crippen LogP contribution is -2.40. The number of aliphatic hydroxyl groups is 1. The van der Waals surface area contributed by atoms with E-state index >= 15 is 0 Å². The third kappa shape index (κ3) is 1.39. The summed E-state index contributed by atoms with van der Waals surface area (Å²) in [4.78, 5) is 1.56. The molecule has 2 atom stereocenters. The summed E-state index contributed by atoms with van der Waals surface area (Å²) in [5.74, 6) is 0. The molecule has 0 saturated carbocycles. The monoisotopic (exact) mass is 163 g/mol. The van der Waals surface area contributed by atoms with Crippen LogP contribution in [0.3, 0.4) is 0 Å². The molecule has 4 heteroatoms. The first-order valence-electron chi connectivity index (χ1n) is 3.59. The predicted molar refractivity (Wildman–Crippen MR) is 41.5 cm³/mol. The van der Waals surface area contributed by atoms with Gasteiger partial charge in [-0.3, -0.25) is 0 Å². The van der Waals surface area contributed by atoms with E-state index in [-0.39, 0.29) is 6.42 Å². The number of nitrogens with zero attached hydrogens (tertiary/aromatic N) is 3. The zero-order valence-electron chi connectivity index (χ0n) is 6.73. The number of nitriles is 2. The molecule has 0 aromatic rings. The molecule has 0 aromatic heterocycles. The Balaban J connectivity index is 2.86. The fraction of sp³-hybridized carbons (Fsp3) is 0.500. The van der Waals surface area contributed by atoms with Crippen molar-refractivity contribution in [3.63, 3.8) is 0 Å². The van der Waals surface area contributed by atoms with E-state index in [1.807, 2.05) is 12.1 Å². The Kier molecular flexibility index (Phi) is 2.32. The van der Waals surface area contributed by atoms with Crippen molar-refractivity contribution in [2.24, 2.45) is 0 Å². The van der Waals surface area contributed by atoms with Crippen LogP contribution in [0.4, 0.5) is 0 Å². The largest absolute Gasteiger partial charge is 0.389 e. The number of rotatable bonds is 0. The first-order valence-corrected chi connectivity index (χ1v) is 3.59. The minimum Gasteiger partial charge on any atom is -0.389 e. The van der Waals surface area contributed by atoms with Crippen LogP contribution >= 0.6 is 0 Å². The fourth-order valence-corrected chi connectivity index (χ4v) is 1.24. The van der Waals surface area contributed by atoms with Crippen molar-refractivity contribution in [1.82, 2.24) is 4.90 Å². The number of likely N-dealkylation sites (N-methyl/N-ethyl adjacent to an activating group) is 1. The number of hydrogen-bond acceptors (Lipinski definition) is 4. The van der Waals surface area contributed by atoms with Gasteiger partial charge in [0.05, 0.1) is 18.2 Å². The summed E-state index contributed by atoms with van der Waals surface area (Å²) in [6.07, 6.45) is 1.12. The Morgan fingerprint density at radius 1 is 1.67 bits per heavy atom. The predicted octanol–water partition coefficient (Wildman–Crippen LogP) is -0.0175. The summed E-state index contributed by atoms with van der Waals surface area (Å²) in [6, 6.07) is 3.40. The van der Waals surface area contributed by atoms with Crippen molar-refractivity contribution in [3.8, 4) is 12.1 Å². The van der Waals surface area contributed by atoms with Crippen LogP contribution < -0.4 is 0 Å². The van der Waals surface area contributed by atoms with Crippen LogP contribution in [0.25, 0.3) is 0 Å². The molecule has 0 bridgehead atoms. The molecule has 0 amide bonds. The van der Waals surface area contributed by atoms with Crippen LogP contribution in [-0.4, -0.2) is 29.2 Å². The summed E-state index contributed by atoms with van der Waals surface area (Å²) in [6.45, 7) is 0. The Labute approximate surface area is 70.9 Å². The van der Waals surface area contributed by atoms with E-state index in [4.69, 9.17) is 10.5 Å². The molecule has 0 saturated heterocycles. The lowest BCUT2D eigenvalue weighted by Gasteiger charge is -2.29. The maximum absolute atomic E-state index is 9.38. The van der Waals surface area contributed by atoms with Crippen molar-refractivity contribution < 1.29 is 5.11 Å². The highest BCUT2D eigenvalue weighted by Crippen LogP contribution is 2.18. The zero-order chi connectivity index (χ0) is 9.14. The third-order valence-electron chi connectivity index (χ3n) is 1.87. The van der Waals surface area contributed by atoms with E-state index in [9.17, 15) is 5.11 Å². The highest BCUT2D eigenvalue weighted by atomic mass is 16.3. The highest BCUT2D eigenvalue weighted by Gasteiger charge is 2.27. The topological polar surface area (TPSA) is 71.1 Å². The van der Waals surface area contributed by atoms with E-state index in [1.165, 1.54) is 0 Å². The van der Waals surface area contributed by atoms with Crippen LogP contribution in [0.1, 0.15) is 6.42 Å². The molecule has 1 aliphatic rings. The number of hydrogen-bond donors (Lipinski definition) is 1. The molecule has 0 aromatic carbocycles. The summed E-state index contributed by atoms with van der Waals surface area (Å²) in [5, 5.41) is 26.6. The van der Waals surface area contributed by atoms with Crippen LogP contribution in [0, 0.1) is 22.7 Å². The van der Waals surface area contributed by atoms with Crippen LogP contribution in [-0.2, 0) is 0 Å². The second-order valence-electron chi connectivity index (χ2n) is 2.78. The molecule has 12 heavy (non-hydrogen) atoms. The lowest BCUT2D eigenvalue weighted by molar-refractivity contribution is 0.102. The molecule has 0 aliphatic carbocycles. The summed E-state index contributed by atoms with van der Waals surface area (Å²) < 4.78 is 0. The van der Waals surface area contributed by atoms with Crippen molar-refractivity contribution in [3.05, 3.63) is 11.8 Å². The van der Waals surface area contributed by atoms with Gasteiger partial charge in [0, 0.05) is 25.2 Å². The van der Waals surface area contributed by atoms with Crippen molar-refractivity contribution in [1.29, 1.82) is 10.5 Å². The fourth-order valence-electron chi connectivity index (χ4n) is 1.24. The van der Waals surface area contributed by atoms with Gasteiger partial charge in [0.15, 0.2) is 0 Å². The molecule has 0 unspecified atom stereocenters. The van der Waals surface area contributed by atoms with Crippen LogP contribution in [0.2, 0.25) is 0 Å². The highest BCUT2D eigenvalue weighted by molar-refractivity contribution is 5.25. The van der Waals surface area contributed by atoms with E-state index in [2.05, 4.69) is 0 Å². The Bertz CT molecular complexity index is 284. The summed E-state index contributed by atoms with van der Waals surface area (Å²) in [5.41, 5.74) is 0.511. The van der Waals surface area contributed by atoms with E-state index in [1.54, 1.807) is 18.1 Å². The van der Waals surface area contributed by atoms with E-state index < -0.39 is 12.1 Å². The molecular weight excluding hydrogens is 154 g/mol. The van der Waals surface area contributed by atoms with Gasteiger partial charge in [-0.2, -0.15) is 10.5 Å². The van der Waals surface area contributed by atoms with Gasteiger partial charge in [0.2, 0.25) is 0 Å². The molecule has 1 rings (SSSR count). The standard InChI is InChI=1S/C8H9N3O/c1-11-5-6(3-9)2-8(12)7(11)4-10/h5,7-8,12H,2H2,1H3/t7-,8-/m0/s1. The molecule has 0 fully saturated rings. The SMILES string of the molecule is CN1C=C(C#N)C[C@H](O)[C@@H]1C#N. The molecule has 1 heterocycles.